The molecular formula is C13H22N2O2. The van der Waals surface area contributed by atoms with Gasteiger partial charge in [-0.1, -0.05) is 19.3 Å². The number of aliphatic hydroxyl groups excluding tert-OH is 2. The Morgan fingerprint density at radius 3 is 2.59 bits per heavy atom. The quantitative estimate of drug-likeness (QED) is 0.507. The van der Waals surface area contributed by atoms with Gasteiger partial charge in [0.25, 0.3) is 0 Å². The minimum Gasteiger partial charge on any atom is -0.390 e. The van der Waals surface area contributed by atoms with E-state index in [0.717, 1.165) is 32.5 Å². The third kappa shape index (κ3) is 1.13. The molecule has 2 spiro atoms. The van der Waals surface area contributed by atoms with Crippen molar-refractivity contribution in [3.63, 3.8) is 0 Å². The van der Waals surface area contributed by atoms with Crippen LogP contribution in [-0.2, 0) is 0 Å². The van der Waals surface area contributed by atoms with Crippen molar-refractivity contribution in [2.75, 3.05) is 19.6 Å². The van der Waals surface area contributed by atoms with E-state index in [1.807, 2.05) is 0 Å². The predicted octanol–water partition coefficient (Wildman–Crippen LogP) is -0.301. The Morgan fingerprint density at radius 2 is 1.82 bits per heavy atom. The van der Waals surface area contributed by atoms with Gasteiger partial charge in [0.15, 0.2) is 0 Å². The zero-order valence-electron chi connectivity index (χ0n) is 10.2. The van der Waals surface area contributed by atoms with Crippen LogP contribution in [0.3, 0.4) is 0 Å². The molecule has 4 aliphatic rings. The maximum Gasteiger partial charge on any atom is 0.0986 e. The van der Waals surface area contributed by atoms with E-state index in [-0.39, 0.29) is 17.0 Å². The molecular weight excluding hydrogens is 216 g/mol. The summed E-state index contributed by atoms with van der Waals surface area (Å²) >= 11 is 0. The molecule has 4 fully saturated rings. The van der Waals surface area contributed by atoms with E-state index >= 15 is 0 Å². The van der Waals surface area contributed by atoms with E-state index in [9.17, 15) is 10.2 Å². The number of nitrogens with zero attached hydrogens (tertiary/aromatic N) is 1. The third-order valence-corrected chi connectivity index (χ3v) is 5.89. The standard InChI is InChI=1S/C13H22N2O2/c16-10-9-6-14-7-13(9)8-15(13)12(11(10)17)4-2-1-3-5-12/h9-11,14,16-17H,1-8H2/t9-,10-,11-,13-,15?/m0/s1. The van der Waals surface area contributed by atoms with Crippen LogP contribution in [0.15, 0.2) is 0 Å². The average molecular weight is 238 g/mol. The second-order valence-corrected chi connectivity index (χ2v) is 6.53. The molecule has 0 aromatic heterocycles. The molecule has 5 atom stereocenters. The van der Waals surface area contributed by atoms with E-state index < -0.39 is 12.2 Å². The first-order valence-corrected chi connectivity index (χ1v) is 7.05. The van der Waals surface area contributed by atoms with E-state index in [1.54, 1.807) is 0 Å². The predicted molar refractivity (Wildman–Crippen MR) is 63.6 cm³/mol. The van der Waals surface area contributed by atoms with Crippen molar-refractivity contribution >= 4 is 0 Å². The second-order valence-electron chi connectivity index (χ2n) is 6.53. The van der Waals surface area contributed by atoms with Gasteiger partial charge in [0.2, 0.25) is 0 Å². The number of nitrogens with one attached hydrogen (secondary N) is 1. The first kappa shape index (κ1) is 10.7. The molecule has 0 aromatic rings. The Kier molecular flexibility index (Phi) is 2.04. The summed E-state index contributed by atoms with van der Waals surface area (Å²) in [5, 5.41) is 24.4. The monoisotopic (exact) mass is 238 g/mol. The van der Waals surface area contributed by atoms with Gasteiger partial charge in [-0.3, -0.25) is 4.90 Å². The largest absolute Gasteiger partial charge is 0.390 e. The Bertz CT molecular complexity index is 342. The minimum atomic E-state index is -0.539. The Hall–Kier alpha value is -0.160. The van der Waals surface area contributed by atoms with E-state index in [2.05, 4.69) is 10.2 Å². The van der Waals surface area contributed by atoms with Crippen LogP contribution in [-0.4, -0.2) is 58.0 Å². The van der Waals surface area contributed by atoms with Crippen LogP contribution >= 0.6 is 0 Å². The van der Waals surface area contributed by atoms with Crippen LogP contribution in [0, 0.1) is 5.92 Å². The van der Waals surface area contributed by atoms with Crippen LogP contribution in [0.25, 0.3) is 0 Å². The molecule has 0 amide bonds. The van der Waals surface area contributed by atoms with Crippen LogP contribution in [0.1, 0.15) is 32.1 Å². The summed E-state index contributed by atoms with van der Waals surface area (Å²) in [6.07, 6.45) is 4.76. The summed E-state index contributed by atoms with van der Waals surface area (Å²) in [5.74, 6) is 0.241. The van der Waals surface area contributed by atoms with Gasteiger partial charge < -0.3 is 15.5 Å². The lowest BCUT2D eigenvalue weighted by Gasteiger charge is -2.51. The molecule has 4 nitrogen and oxygen atoms in total. The number of piperidine rings is 1. The molecule has 0 radical (unpaired) electrons. The van der Waals surface area contributed by atoms with Gasteiger partial charge in [-0.2, -0.15) is 0 Å². The second kappa shape index (κ2) is 3.23. The Balaban J connectivity index is 1.72. The zero-order chi connectivity index (χ0) is 11.7. The summed E-state index contributed by atoms with van der Waals surface area (Å²) < 4.78 is 0. The molecule has 3 aliphatic heterocycles. The highest BCUT2D eigenvalue weighted by Gasteiger charge is 2.73. The molecule has 0 aromatic carbocycles. The Labute approximate surface area is 102 Å². The lowest BCUT2D eigenvalue weighted by molar-refractivity contribution is -0.136. The number of rotatable bonds is 0. The van der Waals surface area contributed by atoms with E-state index in [0.29, 0.717) is 0 Å². The maximum absolute atomic E-state index is 10.6. The molecule has 1 saturated carbocycles. The molecule has 3 N–H and O–H groups in total. The summed E-state index contributed by atoms with van der Waals surface area (Å²) in [6, 6.07) is 0. The molecule has 4 heteroatoms. The molecule has 3 heterocycles. The van der Waals surface area contributed by atoms with Crippen LogP contribution < -0.4 is 5.32 Å². The van der Waals surface area contributed by atoms with Crippen LogP contribution in [0.5, 0.6) is 0 Å². The smallest absolute Gasteiger partial charge is 0.0986 e. The Morgan fingerprint density at radius 1 is 1.06 bits per heavy atom. The summed E-state index contributed by atoms with van der Waals surface area (Å²) in [6.45, 7) is 2.95. The van der Waals surface area contributed by atoms with Gasteiger partial charge in [0.05, 0.1) is 23.3 Å². The van der Waals surface area contributed by atoms with Crippen LogP contribution in [0.4, 0.5) is 0 Å². The van der Waals surface area contributed by atoms with Gasteiger partial charge in [-0.15, -0.1) is 0 Å². The summed E-state index contributed by atoms with van der Waals surface area (Å²) in [4.78, 5) is 2.53. The zero-order valence-corrected chi connectivity index (χ0v) is 10.2. The SMILES string of the molecule is O[C@@H]1[C@H](O)C2(CCCCC2)N2C[C@]23CNC[C@@H]13. The molecule has 4 rings (SSSR count). The highest BCUT2D eigenvalue weighted by atomic mass is 16.3. The highest BCUT2D eigenvalue weighted by Crippen LogP contribution is 2.58. The van der Waals surface area contributed by atoms with E-state index in [4.69, 9.17) is 0 Å². The lowest BCUT2D eigenvalue weighted by Crippen LogP contribution is -2.64. The van der Waals surface area contributed by atoms with Crippen molar-refractivity contribution in [3.05, 3.63) is 0 Å². The van der Waals surface area contributed by atoms with Gasteiger partial charge in [0.1, 0.15) is 0 Å². The molecule has 1 unspecified atom stereocenters. The summed E-state index contributed by atoms with van der Waals surface area (Å²) in [7, 11) is 0. The van der Waals surface area contributed by atoms with Crippen molar-refractivity contribution in [2.45, 2.75) is 55.4 Å². The molecule has 1 aliphatic carbocycles. The fourth-order valence-corrected chi connectivity index (χ4v) is 4.94. The van der Waals surface area contributed by atoms with Crippen molar-refractivity contribution in [1.82, 2.24) is 10.2 Å². The maximum atomic E-state index is 10.6. The number of fused-ring (bicyclic) bond motifs is 1. The fraction of sp³-hybridized carbons (Fsp3) is 1.00. The minimum absolute atomic E-state index is 0.0970. The first-order valence-electron chi connectivity index (χ1n) is 7.05. The fourth-order valence-electron chi connectivity index (χ4n) is 4.94. The topological polar surface area (TPSA) is 55.5 Å². The number of aliphatic hydroxyl groups is 2. The van der Waals surface area contributed by atoms with Crippen molar-refractivity contribution in [3.8, 4) is 0 Å². The van der Waals surface area contributed by atoms with Gasteiger partial charge in [-0.05, 0) is 12.8 Å². The van der Waals surface area contributed by atoms with Crippen LogP contribution in [0.2, 0.25) is 0 Å². The molecule has 96 valence electrons. The molecule has 3 saturated heterocycles. The number of hydrogen-bond acceptors (Lipinski definition) is 4. The number of hydrogen-bond donors (Lipinski definition) is 3. The van der Waals surface area contributed by atoms with E-state index in [1.165, 1.54) is 19.3 Å². The van der Waals surface area contributed by atoms with Crippen molar-refractivity contribution in [2.24, 2.45) is 5.92 Å². The third-order valence-electron chi connectivity index (χ3n) is 5.89. The molecule has 0 bridgehead atoms. The highest BCUT2D eigenvalue weighted by molar-refractivity contribution is 5.29. The lowest BCUT2D eigenvalue weighted by atomic mass is 9.69. The average Bonchev–Trinajstić information content (AvgIpc) is 2.93. The molecule has 17 heavy (non-hydrogen) atoms. The van der Waals surface area contributed by atoms with Gasteiger partial charge >= 0.3 is 0 Å². The van der Waals surface area contributed by atoms with Crippen molar-refractivity contribution < 1.29 is 10.2 Å². The summed E-state index contributed by atoms with van der Waals surface area (Å²) in [5.41, 5.74) is 0.0934. The van der Waals surface area contributed by atoms with Gasteiger partial charge in [-0.25, -0.2) is 0 Å². The van der Waals surface area contributed by atoms with Crippen molar-refractivity contribution in [1.29, 1.82) is 0 Å². The first-order chi connectivity index (χ1) is 8.21. The normalized spacial score (nSPS) is 55.4. The van der Waals surface area contributed by atoms with Gasteiger partial charge in [0, 0.05) is 25.6 Å².